The highest BCUT2D eigenvalue weighted by Crippen LogP contribution is 2.17. The van der Waals surface area contributed by atoms with Gasteiger partial charge in [0.25, 0.3) is 5.91 Å². The van der Waals surface area contributed by atoms with Crippen molar-refractivity contribution in [1.82, 2.24) is 5.32 Å². The number of benzene rings is 1. The second-order valence-electron chi connectivity index (χ2n) is 3.75. The molecule has 1 rings (SSSR count). The van der Waals surface area contributed by atoms with Crippen LogP contribution in [0.5, 0.6) is 0 Å². The Balaban J connectivity index is 2.84. The summed E-state index contributed by atoms with van der Waals surface area (Å²) in [6, 6.07) is 0.0220. The number of anilines is 1. The van der Waals surface area contributed by atoms with E-state index in [0.29, 0.717) is 12.1 Å². The topological polar surface area (TPSA) is 125 Å². The van der Waals surface area contributed by atoms with Gasteiger partial charge in [0.1, 0.15) is 11.6 Å². The molecule has 0 aliphatic heterocycles. The molecule has 5 N–H and O–H groups in total. The zero-order valence-corrected chi connectivity index (χ0v) is 10.3. The molecule has 1 unspecified atom stereocenters. The Morgan fingerprint density at radius 3 is 2.40 bits per heavy atom. The lowest BCUT2D eigenvalue weighted by Crippen LogP contribution is -2.42. The number of nitrogen functional groups attached to an aromatic ring is 1. The number of carbonyl (C=O) groups excluding carboxylic acids is 3. The summed E-state index contributed by atoms with van der Waals surface area (Å²) in [5.74, 6) is -4.39. The van der Waals surface area contributed by atoms with Gasteiger partial charge in [-0.2, -0.15) is 0 Å². The molecule has 108 valence electrons. The molecule has 3 amide bonds. The minimum absolute atomic E-state index is 0.474. The van der Waals surface area contributed by atoms with E-state index >= 15 is 0 Å². The second-order valence-corrected chi connectivity index (χ2v) is 3.75. The van der Waals surface area contributed by atoms with Crippen molar-refractivity contribution in [3.05, 3.63) is 29.3 Å². The Morgan fingerprint density at radius 1 is 1.25 bits per heavy atom. The summed E-state index contributed by atoms with van der Waals surface area (Å²) in [4.78, 5) is 33.2. The van der Waals surface area contributed by atoms with Crippen molar-refractivity contribution in [3.8, 4) is 0 Å². The van der Waals surface area contributed by atoms with E-state index in [0.717, 1.165) is 6.92 Å². The van der Waals surface area contributed by atoms with E-state index in [1.807, 2.05) is 0 Å². The molecule has 0 saturated heterocycles. The molecular weight excluding hydrogens is 276 g/mol. The number of hydrogen-bond acceptors (Lipinski definition) is 5. The zero-order valence-electron chi connectivity index (χ0n) is 10.3. The van der Waals surface area contributed by atoms with E-state index < -0.39 is 46.9 Å². The molecule has 0 saturated carbocycles. The number of carbonyl (C=O) groups is 3. The number of hydrogen-bond donors (Lipinski definition) is 3. The number of halogens is 2. The quantitative estimate of drug-likeness (QED) is 0.544. The first-order chi connectivity index (χ1) is 9.22. The fraction of sp³-hybridized carbons (Fsp3) is 0.182. The van der Waals surface area contributed by atoms with Crippen molar-refractivity contribution < 1.29 is 27.9 Å². The van der Waals surface area contributed by atoms with Gasteiger partial charge in [0, 0.05) is 6.07 Å². The lowest BCUT2D eigenvalue weighted by molar-refractivity contribution is -0.127. The number of esters is 1. The van der Waals surface area contributed by atoms with Crippen molar-refractivity contribution in [2.24, 2.45) is 5.73 Å². The lowest BCUT2D eigenvalue weighted by Gasteiger charge is -2.12. The monoisotopic (exact) mass is 287 g/mol. The summed E-state index contributed by atoms with van der Waals surface area (Å²) in [5, 5.41) is 1.67. The normalized spacial score (nSPS) is 11.6. The Labute approximate surface area is 111 Å². The van der Waals surface area contributed by atoms with Gasteiger partial charge >= 0.3 is 12.0 Å². The first kappa shape index (κ1) is 15.3. The Hall–Kier alpha value is -2.71. The van der Waals surface area contributed by atoms with E-state index in [4.69, 9.17) is 11.5 Å². The maximum Gasteiger partial charge on any atom is 0.342 e. The molecular formula is C11H11F2N3O4. The Morgan fingerprint density at radius 2 is 1.85 bits per heavy atom. The molecule has 9 heteroatoms. The summed E-state index contributed by atoms with van der Waals surface area (Å²) < 4.78 is 31.1. The number of ether oxygens (including phenoxy) is 1. The molecule has 0 aromatic heterocycles. The number of amides is 3. The smallest absolute Gasteiger partial charge is 0.342 e. The molecule has 0 bridgehead atoms. The summed E-state index contributed by atoms with van der Waals surface area (Å²) >= 11 is 0. The van der Waals surface area contributed by atoms with Gasteiger partial charge in [0.2, 0.25) is 0 Å². The van der Waals surface area contributed by atoms with Gasteiger partial charge in [-0.3, -0.25) is 10.1 Å². The highest BCUT2D eigenvalue weighted by Gasteiger charge is 2.23. The number of urea groups is 1. The molecule has 1 aromatic rings. The molecule has 0 aliphatic carbocycles. The number of primary amides is 1. The SMILES string of the molecule is CC(OC(=O)c1cc(F)c(N)cc1F)C(=O)NC(N)=O. The van der Waals surface area contributed by atoms with Gasteiger partial charge in [-0.05, 0) is 13.0 Å². The van der Waals surface area contributed by atoms with Crippen LogP contribution in [0.4, 0.5) is 19.3 Å². The third-order valence-electron chi connectivity index (χ3n) is 2.21. The van der Waals surface area contributed by atoms with Crippen LogP contribution in [-0.2, 0) is 9.53 Å². The summed E-state index contributed by atoms with van der Waals surface area (Å²) in [7, 11) is 0. The molecule has 1 aromatic carbocycles. The van der Waals surface area contributed by atoms with Crippen molar-refractivity contribution in [3.63, 3.8) is 0 Å². The highest BCUT2D eigenvalue weighted by molar-refractivity contribution is 5.98. The summed E-state index contributed by atoms with van der Waals surface area (Å²) in [5.41, 5.74) is 8.61. The van der Waals surface area contributed by atoms with Crippen LogP contribution in [0.3, 0.4) is 0 Å². The van der Waals surface area contributed by atoms with Crippen LogP contribution in [0, 0.1) is 11.6 Å². The summed E-state index contributed by atoms with van der Waals surface area (Å²) in [6.45, 7) is 1.13. The maximum atomic E-state index is 13.4. The highest BCUT2D eigenvalue weighted by atomic mass is 19.1. The van der Waals surface area contributed by atoms with Crippen LogP contribution in [0.15, 0.2) is 12.1 Å². The minimum Gasteiger partial charge on any atom is -0.449 e. The average Bonchev–Trinajstić information content (AvgIpc) is 2.32. The number of nitrogens with one attached hydrogen (secondary N) is 1. The van der Waals surface area contributed by atoms with Gasteiger partial charge < -0.3 is 16.2 Å². The number of imide groups is 1. The Kier molecular flexibility index (Phi) is 4.57. The van der Waals surface area contributed by atoms with E-state index in [2.05, 4.69) is 4.74 Å². The molecule has 0 radical (unpaired) electrons. The van der Waals surface area contributed by atoms with Gasteiger partial charge in [-0.25, -0.2) is 18.4 Å². The maximum absolute atomic E-state index is 13.4. The van der Waals surface area contributed by atoms with Crippen LogP contribution >= 0.6 is 0 Å². The first-order valence-corrected chi connectivity index (χ1v) is 5.28. The fourth-order valence-electron chi connectivity index (χ4n) is 1.22. The van der Waals surface area contributed by atoms with Crippen LogP contribution < -0.4 is 16.8 Å². The van der Waals surface area contributed by atoms with Crippen molar-refractivity contribution >= 4 is 23.6 Å². The van der Waals surface area contributed by atoms with E-state index in [1.54, 1.807) is 5.32 Å². The standard InChI is InChI=1S/C11H11F2N3O4/c1-4(9(17)16-11(15)19)20-10(18)5-2-7(13)8(14)3-6(5)12/h2-4H,14H2,1H3,(H3,15,16,17,19). The van der Waals surface area contributed by atoms with E-state index in [9.17, 15) is 23.2 Å². The van der Waals surface area contributed by atoms with Crippen molar-refractivity contribution in [1.29, 1.82) is 0 Å². The van der Waals surface area contributed by atoms with Crippen LogP contribution in [-0.4, -0.2) is 24.0 Å². The molecule has 7 nitrogen and oxygen atoms in total. The Bertz CT molecular complexity index is 577. The molecule has 1 atom stereocenters. The summed E-state index contributed by atoms with van der Waals surface area (Å²) in [6.07, 6.45) is -1.42. The number of nitrogens with two attached hydrogens (primary N) is 2. The zero-order chi connectivity index (χ0) is 15.4. The molecule has 0 aliphatic rings. The second kappa shape index (κ2) is 5.95. The van der Waals surface area contributed by atoms with Crippen molar-refractivity contribution in [2.75, 3.05) is 5.73 Å². The predicted molar refractivity (Wildman–Crippen MR) is 63.4 cm³/mol. The molecule has 0 spiro atoms. The van der Waals surface area contributed by atoms with Gasteiger partial charge in [-0.1, -0.05) is 0 Å². The lowest BCUT2D eigenvalue weighted by atomic mass is 10.2. The van der Waals surface area contributed by atoms with E-state index in [-0.39, 0.29) is 0 Å². The third kappa shape index (κ3) is 3.64. The minimum atomic E-state index is -1.42. The van der Waals surface area contributed by atoms with Crippen molar-refractivity contribution in [2.45, 2.75) is 13.0 Å². The average molecular weight is 287 g/mol. The molecule has 0 heterocycles. The molecule has 20 heavy (non-hydrogen) atoms. The number of rotatable bonds is 3. The predicted octanol–water partition coefficient (Wildman–Crippen LogP) is 0.287. The van der Waals surface area contributed by atoms with Gasteiger partial charge in [0.15, 0.2) is 6.10 Å². The largest absolute Gasteiger partial charge is 0.449 e. The van der Waals surface area contributed by atoms with Crippen LogP contribution in [0.1, 0.15) is 17.3 Å². The fourth-order valence-corrected chi connectivity index (χ4v) is 1.22. The first-order valence-electron chi connectivity index (χ1n) is 5.28. The van der Waals surface area contributed by atoms with Gasteiger partial charge in [-0.15, -0.1) is 0 Å². The molecule has 0 fully saturated rings. The van der Waals surface area contributed by atoms with E-state index in [1.165, 1.54) is 0 Å². The van der Waals surface area contributed by atoms with Gasteiger partial charge in [0.05, 0.1) is 11.3 Å². The van der Waals surface area contributed by atoms with Crippen LogP contribution in [0.25, 0.3) is 0 Å². The van der Waals surface area contributed by atoms with Crippen LogP contribution in [0.2, 0.25) is 0 Å². The third-order valence-corrected chi connectivity index (χ3v) is 2.21.